The van der Waals surface area contributed by atoms with Gasteiger partial charge in [-0.15, -0.1) is 0 Å². The van der Waals surface area contributed by atoms with Crippen molar-refractivity contribution in [2.45, 2.75) is 26.2 Å². The van der Waals surface area contributed by atoms with Gasteiger partial charge in [-0.25, -0.2) is 4.79 Å². The molecule has 2 aromatic carbocycles. The molecule has 0 aromatic heterocycles. The average molecular weight is 366 g/mol. The second kappa shape index (κ2) is 8.01. The Morgan fingerprint density at radius 3 is 2.89 bits per heavy atom. The summed E-state index contributed by atoms with van der Waals surface area (Å²) in [6, 6.07) is 12.2. The fourth-order valence-electron chi connectivity index (χ4n) is 3.93. The van der Waals surface area contributed by atoms with Gasteiger partial charge in [0.1, 0.15) is 12.4 Å². The Labute approximate surface area is 160 Å². The maximum Gasteiger partial charge on any atom is 0.414 e. The van der Waals surface area contributed by atoms with E-state index in [9.17, 15) is 4.79 Å². The Balaban J connectivity index is 1.51. The van der Waals surface area contributed by atoms with Crippen LogP contribution in [0.1, 0.15) is 22.3 Å². The fourth-order valence-corrected chi connectivity index (χ4v) is 3.93. The molecule has 2 aliphatic rings. The molecule has 1 amide bonds. The van der Waals surface area contributed by atoms with E-state index in [0.29, 0.717) is 19.8 Å². The summed E-state index contributed by atoms with van der Waals surface area (Å²) in [5.74, 6) is 0.835. The molecule has 2 aromatic rings. The van der Waals surface area contributed by atoms with Gasteiger partial charge in [0.25, 0.3) is 0 Å². The normalized spacial score (nSPS) is 16.0. The van der Waals surface area contributed by atoms with E-state index >= 15 is 0 Å². The van der Waals surface area contributed by atoms with Crippen LogP contribution in [0.3, 0.4) is 0 Å². The molecule has 27 heavy (non-hydrogen) atoms. The Morgan fingerprint density at radius 2 is 2.04 bits per heavy atom. The monoisotopic (exact) mass is 366 g/mol. The highest BCUT2D eigenvalue weighted by molar-refractivity contribution is 5.91. The molecule has 1 N–H and O–H groups in total. The predicted octanol–water partition coefficient (Wildman–Crippen LogP) is 3.26. The van der Waals surface area contributed by atoms with Crippen LogP contribution in [0.25, 0.3) is 0 Å². The Kier molecular flexibility index (Phi) is 5.30. The van der Waals surface area contributed by atoms with Crippen LogP contribution < -0.4 is 15.0 Å². The smallest absolute Gasteiger partial charge is 0.414 e. The first-order valence-electron chi connectivity index (χ1n) is 9.71. The van der Waals surface area contributed by atoms with Crippen molar-refractivity contribution in [3.05, 3.63) is 58.7 Å². The fraction of sp³-hybridized carbons (Fsp3) is 0.409. The van der Waals surface area contributed by atoms with Gasteiger partial charge in [-0.1, -0.05) is 30.3 Å². The van der Waals surface area contributed by atoms with Gasteiger partial charge >= 0.3 is 6.09 Å². The molecule has 0 atom stereocenters. The van der Waals surface area contributed by atoms with Crippen LogP contribution in [0.2, 0.25) is 0 Å². The van der Waals surface area contributed by atoms with Gasteiger partial charge in [-0.3, -0.25) is 4.90 Å². The number of amides is 1. The molecule has 0 saturated carbocycles. The number of ether oxygens (including phenoxy) is 2. The van der Waals surface area contributed by atoms with Crippen molar-refractivity contribution in [1.29, 1.82) is 0 Å². The zero-order chi connectivity index (χ0) is 18.6. The van der Waals surface area contributed by atoms with Crippen LogP contribution >= 0.6 is 0 Å². The number of benzene rings is 2. The number of nitrogens with zero attached hydrogens (tertiary/aromatic N) is 1. The summed E-state index contributed by atoms with van der Waals surface area (Å²) in [5.41, 5.74) is 5.85. The van der Waals surface area contributed by atoms with Crippen LogP contribution in [0, 0.1) is 6.92 Å². The van der Waals surface area contributed by atoms with Crippen molar-refractivity contribution < 1.29 is 14.3 Å². The third-order valence-electron chi connectivity index (χ3n) is 5.38. The molecule has 2 aliphatic heterocycles. The first-order chi connectivity index (χ1) is 13.2. The molecule has 142 valence electrons. The van der Waals surface area contributed by atoms with Crippen LogP contribution in [0.4, 0.5) is 10.5 Å². The van der Waals surface area contributed by atoms with Crippen molar-refractivity contribution in [3.63, 3.8) is 0 Å². The van der Waals surface area contributed by atoms with Gasteiger partial charge in [0.15, 0.2) is 0 Å². The topological polar surface area (TPSA) is 50.8 Å². The molecule has 2 heterocycles. The first kappa shape index (κ1) is 17.9. The van der Waals surface area contributed by atoms with E-state index in [0.717, 1.165) is 49.4 Å². The van der Waals surface area contributed by atoms with Crippen molar-refractivity contribution in [2.75, 3.05) is 37.7 Å². The SMILES string of the molecule is Cc1c2c(cc3c1OCCN3C(=O)OCCc1ccccc1)CCNCC2. The van der Waals surface area contributed by atoms with Gasteiger partial charge in [0.2, 0.25) is 0 Å². The number of hydrogen-bond acceptors (Lipinski definition) is 4. The molecule has 0 spiro atoms. The van der Waals surface area contributed by atoms with Crippen LogP contribution in [-0.4, -0.2) is 38.9 Å². The first-order valence-corrected chi connectivity index (χ1v) is 9.71. The van der Waals surface area contributed by atoms with Crippen molar-refractivity contribution >= 4 is 11.8 Å². The summed E-state index contributed by atoms with van der Waals surface area (Å²) in [5, 5.41) is 3.44. The number of rotatable bonds is 3. The minimum Gasteiger partial charge on any atom is -0.489 e. The summed E-state index contributed by atoms with van der Waals surface area (Å²) in [6.45, 7) is 5.45. The third-order valence-corrected chi connectivity index (χ3v) is 5.38. The van der Waals surface area contributed by atoms with Crippen LogP contribution in [0.15, 0.2) is 36.4 Å². The van der Waals surface area contributed by atoms with E-state index in [-0.39, 0.29) is 6.09 Å². The minimum atomic E-state index is -0.290. The second-order valence-corrected chi connectivity index (χ2v) is 7.09. The van der Waals surface area contributed by atoms with E-state index in [1.54, 1.807) is 4.90 Å². The van der Waals surface area contributed by atoms with E-state index in [4.69, 9.17) is 9.47 Å². The zero-order valence-corrected chi connectivity index (χ0v) is 15.8. The Bertz CT molecular complexity index is 820. The molecule has 5 nitrogen and oxygen atoms in total. The van der Waals surface area contributed by atoms with E-state index < -0.39 is 0 Å². The summed E-state index contributed by atoms with van der Waals surface area (Å²) in [4.78, 5) is 14.5. The van der Waals surface area contributed by atoms with E-state index in [1.165, 1.54) is 16.7 Å². The molecular formula is C22H26N2O3. The maximum absolute atomic E-state index is 12.7. The summed E-state index contributed by atoms with van der Waals surface area (Å²) >= 11 is 0. The molecule has 0 unspecified atom stereocenters. The molecule has 0 bridgehead atoms. The van der Waals surface area contributed by atoms with Gasteiger partial charge in [-0.2, -0.15) is 0 Å². The summed E-state index contributed by atoms with van der Waals surface area (Å²) in [6.07, 6.45) is 2.40. The molecular weight excluding hydrogens is 340 g/mol. The molecule has 5 heteroatoms. The van der Waals surface area contributed by atoms with Gasteiger partial charge in [0, 0.05) is 6.42 Å². The van der Waals surface area contributed by atoms with Gasteiger partial charge in [0.05, 0.1) is 18.8 Å². The molecule has 0 aliphatic carbocycles. The lowest BCUT2D eigenvalue weighted by atomic mass is 9.95. The van der Waals surface area contributed by atoms with Crippen LogP contribution in [-0.2, 0) is 24.0 Å². The molecule has 0 radical (unpaired) electrons. The van der Waals surface area contributed by atoms with E-state index in [2.05, 4.69) is 18.3 Å². The number of nitrogens with one attached hydrogen (secondary N) is 1. The van der Waals surface area contributed by atoms with Gasteiger partial charge in [-0.05, 0) is 61.2 Å². The quantitative estimate of drug-likeness (QED) is 0.906. The van der Waals surface area contributed by atoms with E-state index in [1.807, 2.05) is 30.3 Å². The van der Waals surface area contributed by atoms with Crippen molar-refractivity contribution in [2.24, 2.45) is 0 Å². The highest BCUT2D eigenvalue weighted by atomic mass is 16.6. The number of fused-ring (bicyclic) bond motifs is 2. The Hall–Kier alpha value is -2.53. The van der Waals surface area contributed by atoms with Crippen molar-refractivity contribution in [3.8, 4) is 5.75 Å². The van der Waals surface area contributed by atoms with Gasteiger partial charge < -0.3 is 14.8 Å². The Morgan fingerprint density at radius 1 is 1.22 bits per heavy atom. The second-order valence-electron chi connectivity index (χ2n) is 7.09. The lowest BCUT2D eigenvalue weighted by molar-refractivity contribution is 0.151. The largest absolute Gasteiger partial charge is 0.489 e. The van der Waals surface area contributed by atoms with Crippen LogP contribution in [0.5, 0.6) is 5.75 Å². The number of carbonyl (C=O) groups is 1. The predicted molar refractivity (Wildman–Crippen MR) is 106 cm³/mol. The summed E-state index contributed by atoms with van der Waals surface area (Å²) < 4.78 is 11.5. The molecule has 4 rings (SSSR count). The average Bonchev–Trinajstić information content (AvgIpc) is 2.94. The summed E-state index contributed by atoms with van der Waals surface area (Å²) in [7, 11) is 0. The standard InChI is InChI=1S/C22H26N2O3/c1-16-19-8-11-23-10-7-18(19)15-20-21(16)26-14-12-24(20)22(25)27-13-9-17-5-3-2-4-6-17/h2-6,15,23H,7-14H2,1H3. The van der Waals surface area contributed by atoms with Crippen molar-refractivity contribution in [1.82, 2.24) is 5.32 Å². The highest BCUT2D eigenvalue weighted by Crippen LogP contribution is 2.39. The maximum atomic E-state index is 12.7. The molecule has 0 fully saturated rings. The zero-order valence-electron chi connectivity index (χ0n) is 15.8. The molecule has 0 saturated heterocycles. The highest BCUT2D eigenvalue weighted by Gasteiger charge is 2.29. The third kappa shape index (κ3) is 3.78. The number of carbonyl (C=O) groups excluding carboxylic acids is 1. The lowest BCUT2D eigenvalue weighted by Gasteiger charge is -2.31. The lowest BCUT2D eigenvalue weighted by Crippen LogP contribution is -2.39. The number of hydrogen-bond donors (Lipinski definition) is 1. The minimum absolute atomic E-state index is 0.290. The number of anilines is 1.